The summed E-state index contributed by atoms with van der Waals surface area (Å²) < 4.78 is 16.0. The van der Waals surface area contributed by atoms with Crippen molar-refractivity contribution in [2.75, 3.05) is 37.2 Å². The van der Waals surface area contributed by atoms with Crippen molar-refractivity contribution in [3.8, 4) is 5.75 Å². The lowest BCUT2D eigenvalue weighted by atomic mass is 10.0. The minimum absolute atomic E-state index is 0.184. The third kappa shape index (κ3) is 6.80. The Kier molecular flexibility index (Phi) is 6.90. The largest absolute Gasteiger partial charge is 0.482 e. The number of carbonyl (C=O) groups excluding carboxylic acids is 1. The Morgan fingerprint density at radius 2 is 2.00 bits per heavy atom. The molecule has 2 rings (SSSR count). The van der Waals surface area contributed by atoms with Crippen molar-refractivity contribution in [1.82, 2.24) is 0 Å². The number of benzene rings is 1. The van der Waals surface area contributed by atoms with E-state index in [1.54, 1.807) is 32.9 Å². The molecule has 7 heteroatoms. The van der Waals surface area contributed by atoms with Gasteiger partial charge >= 0.3 is 5.97 Å². The van der Waals surface area contributed by atoms with Gasteiger partial charge in [0, 0.05) is 25.8 Å². The molecule has 140 valence electrons. The fourth-order valence-corrected chi connectivity index (χ4v) is 2.58. The molecule has 1 aliphatic heterocycles. The lowest BCUT2D eigenvalue weighted by Gasteiger charge is -2.23. The Morgan fingerprint density at radius 1 is 1.28 bits per heavy atom. The van der Waals surface area contributed by atoms with Gasteiger partial charge in [0.25, 0.3) is 0 Å². The molecule has 1 aromatic carbocycles. The summed E-state index contributed by atoms with van der Waals surface area (Å²) in [6.45, 7) is 7.64. The zero-order valence-corrected chi connectivity index (χ0v) is 15.1. The van der Waals surface area contributed by atoms with Gasteiger partial charge < -0.3 is 19.5 Å². The lowest BCUT2D eigenvalue weighted by Crippen LogP contribution is -2.27. The monoisotopic (exact) mass is 352 g/mol. The maximum Gasteiger partial charge on any atom is 0.344 e. The van der Waals surface area contributed by atoms with Crippen LogP contribution in [0.1, 0.15) is 33.6 Å². The van der Waals surface area contributed by atoms with Crippen LogP contribution in [0.3, 0.4) is 0 Å². The number of rotatable bonds is 7. The smallest absolute Gasteiger partial charge is 0.344 e. The quantitative estimate of drug-likeness (QED) is 0.513. The number of carbonyl (C=O) groups is 1. The van der Waals surface area contributed by atoms with Crippen LogP contribution in [0.4, 0.5) is 11.4 Å². The molecule has 25 heavy (non-hydrogen) atoms. The van der Waals surface area contributed by atoms with Gasteiger partial charge in [-0.1, -0.05) is 0 Å². The van der Waals surface area contributed by atoms with E-state index in [1.807, 2.05) is 6.07 Å². The fraction of sp³-hybridized carbons (Fsp3) is 0.611. The third-order valence-electron chi connectivity index (χ3n) is 3.81. The zero-order chi connectivity index (χ0) is 18.3. The Labute approximate surface area is 148 Å². The predicted octanol–water partition coefficient (Wildman–Crippen LogP) is 3.05. The van der Waals surface area contributed by atoms with E-state index >= 15 is 0 Å². The van der Waals surface area contributed by atoms with E-state index in [2.05, 4.69) is 10.8 Å². The van der Waals surface area contributed by atoms with Crippen LogP contribution >= 0.6 is 0 Å². The maximum absolute atomic E-state index is 11.7. The van der Waals surface area contributed by atoms with Crippen LogP contribution in [0, 0.1) is 5.92 Å². The highest BCUT2D eigenvalue weighted by Gasteiger charge is 2.17. The summed E-state index contributed by atoms with van der Waals surface area (Å²) in [5.41, 5.74) is 2.89. The third-order valence-corrected chi connectivity index (χ3v) is 3.81. The number of hydrogen-bond acceptors (Lipinski definition) is 7. The summed E-state index contributed by atoms with van der Waals surface area (Å²) in [4.78, 5) is 11.7. The Balaban J connectivity index is 1.88. The zero-order valence-electron chi connectivity index (χ0n) is 15.1. The molecule has 0 radical (unpaired) electrons. The normalized spacial score (nSPS) is 15.5. The molecule has 0 unspecified atom stereocenters. The highest BCUT2D eigenvalue weighted by molar-refractivity contribution is 5.72. The van der Waals surface area contributed by atoms with Crippen LogP contribution in [0.2, 0.25) is 0 Å². The van der Waals surface area contributed by atoms with Gasteiger partial charge in [-0.05, 0) is 51.7 Å². The van der Waals surface area contributed by atoms with Crippen molar-refractivity contribution in [2.24, 2.45) is 5.92 Å². The summed E-state index contributed by atoms with van der Waals surface area (Å²) in [6.07, 6.45) is 2.07. The summed E-state index contributed by atoms with van der Waals surface area (Å²) in [5.74, 6) is 0.593. The first-order valence-electron chi connectivity index (χ1n) is 8.58. The highest BCUT2D eigenvalue weighted by Crippen LogP contribution is 2.28. The van der Waals surface area contributed by atoms with Gasteiger partial charge in [0.1, 0.15) is 11.4 Å². The van der Waals surface area contributed by atoms with Crippen LogP contribution in [-0.2, 0) is 14.3 Å². The van der Waals surface area contributed by atoms with Gasteiger partial charge in [-0.15, -0.1) is 0 Å². The van der Waals surface area contributed by atoms with Gasteiger partial charge in [0.15, 0.2) is 6.61 Å². The summed E-state index contributed by atoms with van der Waals surface area (Å²) >= 11 is 0. The molecule has 3 N–H and O–H groups in total. The topological polar surface area (TPSA) is 89.1 Å². The first kappa shape index (κ1) is 19.3. The summed E-state index contributed by atoms with van der Waals surface area (Å²) in [7, 11) is 0. The number of nitrogens with one attached hydrogen (secondary N) is 2. The molecular weight excluding hydrogens is 324 g/mol. The minimum Gasteiger partial charge on any atom is -0.482 e. The lowest BCUT2D eigenvalue weighted by molar-refractivity contribution is -0.157. The SMILES string of the molecule is CC(C)(C)OC(=O)COc1ccc(NCC2CCOCC2)c(NO)c1. The molecule has 1 aliphatic rings. The average Bonchev–Trinajstić information content (AvgIpc) is 2.58. The first-order valence-corrected chi connectivity index (χ1v) is 8.58. The van der Waals surface area contributed by atoms with E-state index in [0.29, 0.717) is 17.4 Å². The molecular formula is C18H28N2O5. The minimum atomic E-state index is -0.545. The number of esters is 1. The van der Waals surface area contributed by atoms with E-state index in [9.17, 15) is 10.0 Å². The molecule has 0 aromatic heterocycles. The second kappa shape index (κ2) is 8.92. The molecule has 1 heterocycles. The second-order valence-electron chi connectivity index (χ2n) is 7.13. The van der Waals surface area contributed by atoms with Crippen molar-refractivity contribution < 1.29 is 24.2 Å². The number of ether oxygens (including phenoxy) is 3. The predicted molar refractivity (Wildman–Crippen MR) is 95.2 cm³/mol. The molecule has 1 aromatic rings. The van der Waals surface area contributed by atoms with Crippen molar-refractivity contribution in [3.05, 3.63) is 18.2 Å². The number of anilines is 2. The fourth-order valence-electron chi connectivity index (χ4n) is 2.58. The molecule has 0 bridgehead atoms. The van der Waals surface area contributed by atoms with Crippen LogP contribution in [0.25, 0.3) is 0 Å². The van der Waals surface area contributed by atoms with E-state index in [4.69, 9.17) is 14.2 Å². The van der Waals surface area contributed by atoms with Crippen molar-refractivity contribution >= 4 is 17.3 Å². The molecule has 0 saturated carbocycles. The molecule has 0 aliphatic carbocycles. The Hall–Kier alpha value is -1.99. The second-order valence-corrected chi connectivity index (χ2v) is 7.13. The molecule has 0 atom stereocenters. The van der Waals surface area contributed by atoms with Gasteiger partial charge in [0.05, 0.1) is 11.4 Å². The van der Waals surface area contributed by atoms with Gasteiger partial charge in [-0.25, -0.2) is 4.79 Å². The molecule has 1 fully saturated rings. The molecule has 0 amide bonds. The Morgan fingerprint density at radius 3 is 2.64 bits per heavy atom. The molecule has 0 spiro atoms. The van der Waals surface area contributed by atoms with Crippen LogP contribution in [0.15, 0.2) is 18.2 Å². The van der Waals surface area contributed by atoms with Gasteiger partial charge in [0.2, 0.25) is 0 Å². The van der Waals surface area contributed by atoms with E-state index in [1.165, 1.54) is 0 Å². The van der Waals surface area contributed by atoms with Crippen LogP contribution < -0.4 is 15.5 Å². The summed E-state index contributed by atoms with van der Waals surface area (Å²) in [5, 5.41) is 12.7. The molecule has 7 nitrogen and oxygen atoms in total. The maximum atomic E-state index is 11.7. The van der Waals surface area contributed by atoms with Crippen molar-refractivity contribution in [1.29, 1.82) is 0 Å². The molecule has 1 saturated heterocycles. The van der Waals surface area contributed by atoms with Crippen LogP contribution in [-0.4, -0.2) is 43.1 Å². The first-order chi connectivity index (χ1) is 11.9. The summed E-state index contributed by atoms with van der Waals surface area (Å²) in [6, 6.07) is 5.19. The van der Waals surface area contributed by atoms with E-state index in [0.717, 1.165) is 38.3 Å². The number of hydrogen-bond donors (Lipinski definition) is 3. The van der Waals surface area contributed by atoms with Gasteiger partial charge in [-0.2, -0.15) is 0 Å². The van der Waals surface area contributed by atoms with Crippen molar-refractivity contribution in [2.45, 2.75) is 39.2 Å². The van der Waals surface area contributed by atoms with Crippen LogP contribution in [0.5, 0.6) is 5.75 Å². The Bertz CT molecular complexity index is 565. The van der Waals surface area contributed by atoms with E-state index < -0.39 is 11.6 Å². The highest BCUT2D eigenvalue weighted by atomic mass is 16.6. The van der Waals surface area contributed by atoms with Gasteiger partial charge in [-0.3, -0.25) is 10.7 Å². The van der Waals surface area contributed by atoms with Crippen molar-refractivity contribution in [3.63, 3.8) is 0 Å². The standard InChI is InChI=1S/C18H28N2O5/c1-18(2,3)25-17(21)12-24-14-4-5-15(16(10-14)20-22)19-11-13-6-8-23-9-7-13/h4-5,10,13,19-20,22H,6-9,11-12H2,1-3H3. The average molecular weight is 352 g/mol. The van der Waals surface area contributed by atoms with E-state index in [-0.39, 0.29) is 6.61 Å².